The zero-order chi connectivity index (χ0) is 15.7. The van der Waals surface area contributed by atoms with Crippen molar-refractivity contribution in [2.75, 3.05) is 0 Å². The van der Waals surface area contributed by atoms with E-state index in [9.17, 15) is 17.3 Å². The van der Waals surface area contributed by atoms with E-state index in [1.807, 2.05) is 6.20 Å². The molecule has 2 rings (SSSR count). The lowest BCUT2D eigenvalue weighted by Crippen LogP contribution is -2.02. The molecule has 0 amide bonds. The van der Waals surface area contributed by atoms with Crippen LogP contribution in [0.3, 0.4) is 0 Å². The Hall–Kier alpha value is -1.67. The number of H-pyrrole nitrogens is 1. The second-order valence-electron chi connectivity index (χ2n) is 4.59. The minimum Gasteiger partial charge on any atom is -0.418 e. The molecule has 0 fully saturated rings. The number of hydrogen-bond donors (Lipinski definition) is 1. The van der Waals surface area contributed by atoms with Crippen LogP contribution in [0, 0.1) is 0 Å². The van der Waals surface area contributed by atoms with Gasteiger partial charge in [-0.15, -0.1) is 0 Å². The average molecular weight is 305 g/mol. The summed E-state index contributed by atoms with van der Waals surface area (Å²) in [6, 6.07) is 0. The van der Waals surface area contributed by atoms with Gasteiger partial charge in [-0.3, -0.25) is 0 Å². The van der Waals surface area contributed by atoms with Crippen LogP contribution < -0.4 is 0 Å². The van der Waals surface area contributed by atoms with Gasteiger partial charge in [0, 0.05) is 6.42 Å². The Morgan fingerprint density at radius 1 is 1.05 bits per heavy atom. The van der Waals surface area contributed by atoms with Crippen molar-refractivity contribution in [3.63, 3.8) is 0 Å². The number of nitrogens with one attached hydrogen (secondary N) is 1. The first-order chi connectivity index (χ1) is 9.90. The minimum absolute atomic E-state index is 0.776. The molecular formula is C12H18BF4N4-. The Morgan fingerprint density at radius 2 is 1.71 bits per heavy atom. The molecule has 118 valence electrons. The fraction of sp³-hybridized carbons (Fsp3) is 0.583. The average Bonchev–Trinajstić information content (AvgIpc) is 2.84. The van der Waals surface area contributed by atoms with E-state index in [4.69, 9.17) is 0 Å². The molecule has 2 aromatic heterocycles. The van der Waals surface area contributed by atoms with Gasteiger partial charge >= 0.3 is 7.25 Å². The van der Waals surface area contributed by atoms with Crippen molar-refractivity contribution in [2.45, 2.75) is 45.4 Å². The van der Waals surface area contributed by atoms with E-state index in [2.05, 4.69) is 26.9 Å². The van der Waals surface area contributed by atoms with E-state index in [-0.39, 0.29) is 0 Å². The van der Waals surface area contributed by atoms with Gasteiger partial charge in [0.2, 0.25) is 0 Å². The maximum atomic E-state index is 9.75. The number of rotatable bonds is 6. The Labute approximate surface area is 120 Å². The summed E-state index contributed by atoms with van der Waals surface area (Å²) >= 11 is 0. The molecule has 0 saturated heterocycles. The molecule has 0 radical (unpaired) electrons. The van der Waals surface area contributed by atoms with Crippen LogP contribution in [0.5, 0.6) is 0 Å². The van der Waals surface area contributed by atoms with Gasteiger partial charge in [0.1, 0.15) is 11.3 Å². The Kier molecular flexibility index (Phi) is 7.11. The highest BCUT2D eigenvalue weighted by atomic mass is 19.5. The predicted molar refractivity (Wildman–Crippen MR) is 74.3 cm³/mol. The Balaban J connectivity index is 0.000000383. The zero-order valence-electron chi connectivity index (χ0n) is 11.8. The van der Waals surface area contributed by atoms with Gasteiger partial charge in [-0.2, -0.15) is 0 Å². The molecule has 0 bridgehead atoms. The van der Waals surface area contributed by atoms with Crippen LogP contribution in [0.25, 0.3) is 11.2 Å². The molecule has 4 nitrogen and oxygen atoms in total. The molecule has 21 heavy (non-hydrogen) atoms. The number of nitrogens with zero attached hydrogens (tertiary/aromatic N) is 3. The van der Waals surface area contributed by atoms with Crippen molar-refractivity contribution in [3.8, 4) is 0 Å². The lowest BCUT2D eigenvalue weighted by molar-refractivity contribution is 0.368. The van der Waals surface area contributed by atoms with Gasteiger partial charge in [-0.25, -0.2) is 15.0 Å². The van der Waals surface area contributed by atoms with Crippen LogP contribution in [0.4, 0.5) is 17.3 Å². The monoisotopic (exact) mass is 305 g/mol. The molecule has 0 saturated carbocycles. The molecule has 0 unspecified atom stereocenters. The highest BCUT2D eigenvalue weighted by Gasteiger charge is 2.20. The molecule has 9 heteroatoms. The fourth-order valence-electron chi connectivity index (χ4n) is 1.78. The standard InChI is InChI=1S/C12H18N4.BF4/c1-2-3-4-5-6-7-11-13-8-10-12(16-11)15-9-14-10;2-1(3,4)5/h8-9H,2-7H2,1H3,(H,13,14,15,16);/q;-1. The molecule has 0 aliphatic heterocycles. The van der Waals surface area contributed by atoms with E-state index in [1.165, 1.54) is 32.1 Å². The van der Waals surface area contributed by atoms with Crippen molar-refractivity contribution in [1.82, 2.24) is 19.9 Å². The quantitative estimate of drug-likeness (QED) is 0.495. The van der Waals surface area contributed by atoms with Crippen molar-refractivity contribution < 1.29 is 17.3 Å². The summed E-state index contributed by atoms with van der Waals surface area (Å²) in [6.07, 6.45) is 10.8. The predicted octanol–water partition coefficient (Wildman–Crippen LogP) is 4.17. The third kappa shape index (κ3) is 8.26. The zero-order valence-corrected chi connectivity index (χ0v) is 11.8. The van der Waals surface area contributed by atoms with Crippen molar-refractivity contribution >= 4 is 18.4 Å². The summed E-state index contributed by atoms with van der Waals surface area (Å²) in [7, 11) is -6.00. The summed E-state index contributed by atoms with van der Waals surface area (Å²) in [5.41, 5.74) is 1.69. The van der Waals surface area contributed by atoms with Crippen molar-refractivity contribution in [2.24, 2.45) is 0 Å². The lowest BCUT2D eigenvalue weighted by atomic mass is 10.1. The van der Waals surface area contributed by atoms with Gasteiger partial charge in [0.05, 0.1) is 12.5 Å². The largest absolute Gasteiger partial charge is 0.673 e. The van der Waals surface area contributed by atoms with Crippen LogP contribution in [0.1, 0.15) is 44.9 Å². The van der Waals surface area contributed by atoms with Crippen molar-refractivity contribution in [3.05, 3.63) is 18.3 Å². The highest BCUT2D eigenvalue weighted by Crippen LogP contribution is 2.08. The molecule has 0 spiro atoms. The number of aromatic nitrogens is 4. The number of aromatic amines is 1. The third-order valence-corrected chi connectivity index (χ3v) is 2.73. The SMILES string of the molecule is CCCCCCCc1ncc2[nH]cnc2n1.F[B-](F)(F)F. The number of halogens is 4. The fourth-order valence-corrected chi connectivity index (χ4v) is 1.78. The molecule has 2 aromatic rings. The molecule has 0 aliphatic rings. The van der Waals surface area contributed by atoms with Crippen LogP contribution in [-0.2, 0) is 6.42 Å². The summed E-state index contributed by atoms with van der Waals surface area (Å²) in [5.74, 6) is 0.913. The minimum atomic E-state index is -6.00. The molecule has 0 aliphatic carbocycles. The lowest BCUT2D eigenvalue weighted by Gasteiger charge is -1.99. The third-order valence-electron chi connectivity index (χ3n) is 2.73. The van der Waals surface area contributed by atoms with Gasteiger partial charge in [-0.05, 0) is 6.42 Å². The van der Waals surface area contributed by atoms with E-state index >= 15 is 0 Å². The van der Waals surface area contributed by atoms with Crippen LogP contribution in [0.2, 0.25) is 0 Å². The van der Waals surface area contributed by atoms with E-state index < -0.39 is 7.25 Å². The number of fused-ring (bicyclic) bond motifs is 1. The van der Waals surface area contributed by atoms with Gasteiger partial charge in [0.25, 0.3) is 0 Å². The Bertz CT molecular complexity index is 523. The van der Waals surface area contributed by atoms with Crippen molar-refractivity contribution in [1.29, 1.82) is 0 Å². The maximum Gasteiger partial charge on any atom is 0.673 e. The normalized spacial score (nSPS) is 11.3. The summed E-state index contributed by atoms with van der Waals surface area (Å²) in [6.45, 7) is 2.23. The second kappa shape index (κ2) is 8.58. The summed E-state index contributed by atoms with van der Waals surface area (Å²) in [5, 5.41) is 0. The highest BCUT2D eigenvalue weighted by molar-refractivity contribution is 6.50. The van der Waals surface area contributed by atoms with Gasteiger partial charge in [0.15, 0.2) is 5.65 Å². The van der Waals surface area contributed by atoms with Gasteiger partial charge < -0.3 is 22.2 Å². The second-order valence-corrected chi connectivity index (χ2v) is 4.59. The first-order valence-electron chi connectivity index (χ1n) is 6.92. The smallest absolute Gasteiger partial charge is 0.418 e. The summed E-state index contributed by atoms with van der Waals surface area (Å²) in [4.78, 5) is 15.8. The van der Waals surface area contributed by atoms with Gasteiger partial charge in [-0.1, -0.05) is 32.6 Å². The maximum absolute atomic E-state index is 9.75. The molecule has 2 heterocycles. The Morgan fingerprint density at radius 3 is 2.38 bits per heavy atom. The first-order valence-corrected chi connectivity index (χ1v) is 6.92. The van der Waals surface area contributed by atoms with Crippen LogP contribution >= 0.6 is 0 Å². The molecule has 0 aromatic carbocycles. The molecule has 1 N–H and O–H groups in total. The summed E-state index contributed by atoms with van der Waals surface area (Å²) < 4.78 is 39.0. The van der Waals surface area contributed by atoms with E-state index in [1.54, 1.807) is 6.33 Å². The first kappa shape index (κ1) is 17.4. The molecular weight excluding hydrogens is 287 g/mol. The van der Waals surface area contributed by atoms with E-state index in [0.29, 0.717) is 0 Å². The number of hydrogen-bond acceptors (Lipinski definition) is 3. The molecule has 0 atom stereocenters. The number of imidazole rings is 1. The van der Waals surface area contributed by atoms with Crippen LogP contribution in [-0.4, -0.2) is 27.2 Å². The van der Waals surface area contributed by atoms with Crippen LogP contribution in [0.15, 0.2) is 12.5 Å². The number of aryl methyl sites for hydroxylation is 1. The van der Waals surface area contributed by atoms with E-state index in [0.717, 1.165) is 23.4 Å². The number of unbranched alkanes of at least 4 members (excludes halogenated alkanes) is 4. The topological polar surface area (TPSA) is 54.5 Å².